The van der Waals surface area contributed by atoms with Crippen LogP contribution in [-0.2, 0) is 0 Å². The Morgan fingerprint density at radius 1 is 1.41 bits per heavy atom. The summed E-state index contributed by atoms with van der Waals surface area (Å²) in [5.74, 6) is 1.33. The van der Waals surface area contributed by atoms with Crippen LogP contribution in [0.15, 0.2) is 18.3 Å². The fraction of sp³-hybridized carbons (Fsp3) is 0.615. The molecule has 0 radical (unpaired) electrons. The molecular formula is C13H21N3O. The molecule has 1 saturated heterocycles. The number of piperidine rings is 1. The molecule has 0 saturated carbocycles. The molecule has 4 nitrogen and oxygen atoms in total. The second kappa shape index (κ2) is 5.36. The van der Waals surface area contributed by atoms with Gasteiger partial charge >= 0.3 is 0 Å². The third-order valence-corrected chi connectivity index (χ3v) is 3.58. The van der Waals surface area contributed by atoms with Crippen molar-refractivity contribution in [3.8, 4) is 5.88 Å². The predicted octanol–water partition coefficient (Wildman–Crippen LogP) is 1.65. The van der Waals surface area contributed by atoms with Gasteiger partial charge in [-0.15, -0.1) is 0 Å². The van der Waals surface area contributed by atoms with Gasteiger partial charge in [0.1, 0.15) is 0 Å². The molecule has 1 unspecified atom stereocenters. The number of ether oxygens (including phenoxy) is 1. The molecule has 17 heavy (non-hydrogen) atoms. The average molecular weight is 235 g/mol. The van der Waals surface area contributed by atoms with E-state index in [0.717, 1.165) is 13.1 Å². The number of nitrogens with two attached hydrogens (primary N) is 1. The molecule has 1 atom stereocenters. The van der Waals surface area contributed by atoms with Gasteiger partial charge < -0.3 is 15.4 Å². The van der Waals surface area contributed by atoms with Crippen LogP contribution in [0.2, 0.25) is 0 Å². The van der Waals surface area contributed by atoms with E-state index in [2.05, 4.69) is 22.9 Å². The maximum atomic E-state index is 5.94. The highest BCUT2D eigenvalue weighted by atomic mass is 16.5. The van der Waals surface area contributed by atoms with E-state index in [0.29, 0.717) is 17.8 Å². The molecule has 0 aromatic carbocycles. The van der Waals surface area contributed by atoms with Gasteiger partial charge in [-0.2, -0.15) is 0 Å². The summed E-state index contributed by atoms with van der Waals surface area (Å²) < 4.78 is 5.06. The lowest BCUT2D eigenvalue weighted by molar-refractivity contribution is 0.354. The number of pyridine rings is 1. The number of nitrogens with zero attached hydrogens (tertiary/aromatic N) is 2. The molecule has 2 rings (SSSR count). The maximum absolute atomic E-state index is 5.94. The molecule has 1 aromatic heterocycles. The highest BCUT2D eigenvalue weighted by Gasteiger charge is 2.22. The largest absolute Gasteiger partial charge is 0.481 e. The number of anilines is 1. The van der Waals surface area contributed by atoms with Gasteiger partial charge in [-0.25, -0.2) is 4.98 Å². The van der Waals surface area contributed by atoms with Gasteiger partial charge in [-0.3, -0.25) is 0 Å². The van der Waals surface area contributed by atoms with E-state index in [1.54, 1.807) is 7.11 Å². The molecule has 0 bridgehead atoms. The zero-order valence-electron chi connectivity index (χ0n) is 10.6. The summed E-state index contributed by atoms with van der Waals surface area (Å²) in [6.45, 7) is 4.25. The van der Waals surface area contributed by atoms with Crippen LogP contribution in [0, 0.1) is 5.92 Å². The molecule has 0 amide bonds. The first-order valence-corrected chi connectivity index (χ1v) is 6.21. The second-order valence-electron chi connectivity index (χ2n) is 4.74. The molecule has 0 spiro atoms. The van der Waals surface area contributed by atoms with Crippen LogP contribution >= 0.6 is 0 Å². The Bertz CT molecular complexity index is 342. The highest BCUT2D eigenvalue weighted by molar-refractivity contribution is 5.45. The third-order valence-electron chi connectivity index (χ3n) is 3.58. The smallest absolute Gasteiger partial charge is 0.213 e. The fourth-order valence-electron chi connectivity index (χ4n) is 2.36. The fourth-order valence-corrected chi connectivity index (χ4v) is 2.36. The molecule has 1 aromatic rings. The number of hydrogen-bond donors (Lipinski definition) is 1. The average Bonchev–Trinajstić information content (AvgIpc) is 2.39. The van der Waals surface area contributed by atoms with Crippen molar-refractivity contribution in [3.63, 3.8) is 0 Å². The van der Waals surface area contributed by atoms with E-state index in [-0.39, 0.29) is 0 Å². The van der Waals surface area contributed by atoms with Crippen molar-refractivity contribution in [2.75, 3.05) is 25.1 Å². The lowest BCUT2D eigenvalue weighted by atomic mass is 9.91. The van der Waals surface area contributed by atoms with Crippen LogP contribution < -0.4 is 15.4 Å². The summed E-state index contributed by atoms with van der Waals surface area (Å²) in [6, 6.07) is 4.29. The minimum Gasteiger partial charge on any atom is -0.481 e. The minimum absolute atomic E-state index is 0.311. The molecule has 1 aliphatic heterocycles. The van der Waals surface area contributed by atoms with E-state index in [9.17, 15) is 0 Å². The highest BCUT2D eigenvalue weighted by Crippen LogP contribution is 2.24. The topological polar surface area (TPSA) is 51.4 Å². The van der Waals surface area contributed by atoms with Crippen molar-refractivity contribution in [2.45, 2.75) is 25.8 Å². The molecular weight excluding hydrogens is 214 g/mol. The van der Waals surface area contributed by atoms with Crippen LogP contribution in [0.5, 0.6) is 5.88 Å². The van der Waals surface area contributed by atoms with Gasteiger partial charge in [0.2, 0.25) is 5.88 Å². The molecule has 1 fully saturated rings. The van der Waals surface area contributed by atoms with Crippen molar-refractivity contribution >= 4 is 5.69 Å². The van der Waals surface area contributed by atoms with E-state index in [4.69, 9.17) is 10.5 Å². The number of hydrogen-bond acceptors (Lipinski definition) is 4. The molecule has 2 N–H and O–H groups in total. The second-order valence-corrected chi connectivity index (χ2v) is 4.74. The Kier molecular flexibility index (Phi) is 3.84. The molecule has 94 valence electrons. The van der Waals surface area contributed by atoms with Crippen LogP contribution in [0.1, 0.15) is 19.8 Å². The van der Waals surface area contributed by atoms with Gasteiger partial charge in [-0.1, -0.05) is 0 Å². The normalized spacial score (nSPS) is 19.1. The molecule has 4 heteroatoms. The van der Waals surface area contributed by atoms with Gasteiger partial charge in [0.25, 0.3) is 0 Å². The van der Waals surface area contributed by atoms with Crippen molar-refractivity contribution < 1.29 is 4.74 Å². The lowest BCUT2D eigenvalue weighted by Gasteiger charge is -2.35. The first-order chi connectivity index (χ1) is 8.20. The van der Waals surface area contributed by atoms with E-state index in [1.165, 1.54) is 18.5 Å². The van der Waals surface area contributed by atoms with Crippen molar-refractivity contribution in [2.24, 2.45) is 11.7 Å². The van der Waals surface area contributed by atoms with Gasteiger partial charge in [0.05, 0.1) is 19.0 Å². The lowest BCUT2D eigenvalue weighted by Crippen LogP contribution is -2.39. The minimum atomic E-state index is 0.311. The first kappa shape index (κ1) is 12.2. The summed E-state index contributed by atoms with van der Waals surface area (Å²) in [5.41, 5.74) is 7.12. The summed E-state index contributed by atoms with van der Waals surface area (Å²) in [5, 5.41) is 0. The monoisotopic (exact) mass is 235 g/mol. The van der Waals surface area contributed by atoms with Crippen LogP contribution in [0.3, 0.4) is 0 Å². The third kappa shape index (κ3) is 2.88. The first-order valence-electron chi connectivity index (χ1n) is 6.21. The zero-order chi connectivity index (χ0) is 12.3. The maximum Gasteiger partial charge on any atom is 0.213 e. The number of aromatic nitrogens is 1. The van der Waals surface area contributed by atoms with Crippen molar-refractivity contribution in [3.05, 3.63) is 18.3 Å². The van der Waals surface area contributed by atoms with E-state index >= 15 is 0 Å². The number of methoxy groups -OCH3 is 1. The standard InChI is InChI=1S/C13H21N3O/c1-10(14)11-5-7-16(8-6-11)12-3-4-13(17-2)15-9-12/h3-4,9-11H,5-8,14H2,1-2H3. The Morgan fingerprint density at radius 2 is 2.12 bits per heavy atom. The summed E-state index contributed by atoms with van der Waals surface area (Å²) in [7, 11) is 1.64. The van der Waals surface area contributed by atoms with Crippen LogP contribution in [0.4, 0.5) is 5.69 Å². The Labute approximate surface area is 103 Å². The van der Waals surface area contributed by atoms with E-state index < -0.39 is 0 Å². The Balaban J connectivity index is 1.95. The van der Waals surface area contributed by atoms with Crippen molar-refractivity contribution in [1.82, 2.24) is 4.98 Å². The molecule has 1 aliphatic rings. The Morgan fingerprint density at radius 3 is 2.59 bits per heavy atom. The number of rotatable bonds is 3. The summed E-state index contributed by atoms with van der Waals surface area (Å²) in [4.78, 5) is 6.60. The summed E-state index contributed by atoms with van der Waals surface area (Å²) in [6.07, 6.45) is 4.22. The SMILES string of the molecule is COc1ccc(N2CCC(C(C)N)CC2)cn1. The predicted molar refractivity (Wildman–Crippen MR) is 69.4 cm³/mol. The van der Waals surface area contributed by atoms with Crippen LogP contribution in [0.25, 0.3) is 0 Å². The van der Waals surface area contributed by atoms with Crippen LogP contribution in [-0.4, -0.2) is 31.2 Å². The molecule has 0 aliphatic carbocycles. The zero-order valence-corrected chi connectivity index (χ0v) is 10.6. The van der Waals surface area contributed by atoms with Gasteiger partial charge in [-0.05, 0) is 31.7 Å². The van der Waals surface area contributed by atoms with E-state index in [1.807, 2.05) is 12.3 Å². The molecule has 2 heterocycles. The quantitative estimate of drug-likeness (QED) is 0.865. The van der Waals surface area contributed by atoms with Crippen molar-refractivity contribution in [1.29, 1.82) is 0 Å². The summed E-state index contributed by atoms with van der Waals surface area (Å²) >= 11 is 0. The van der Waals surface area contributed by atoms with Gasteiger partial charge in [0.15, 0.2) is 0 Å². The van der Waals surface area contributed by atoms with Gasteiger partial charge in [0, 0.05) is 25.2 Å². The Hall–Kier alpha value is -1.29.